The van der Waals surface area contributed by atoms with Gasteiger partial charge >= 0.3 is 0 Å². The summed E-state index contributed by atoms with van der Waals surface area (Å²) in [7, 11) is -2.00. The molecule has 1 fully saturated rings. The van der Waals surface area contributed by atoms with E-state index in [0.717, 1.165) is 18.5 Å². The van der Waals surface area contributed by atoms with Crippen LogP contribution in [0, 0.1) is 5.92 Å². The second kappa shape index (κ2) is 9.85. The van der Waals surface area contributed by atoms with Crippen molar-refractivity contribution in [3.63, 3.8) is 0 Å². The molecule has 0 spiro atoms. The summed E-state index contributed by atoms with van der Waals surface area (Å²) in [4.78, 5) is 20.5. The second-order valence-electron chi connectivity index (χ2n) is 8.58. The van der Waals surface area contributed by atoms with Crippen LogP contribution < -0.4 is 10.3 Å². The molecule has 0 aliphatic carbocycles. The number of aliphatic hydroxyl groups excluding tert-OH is 1. The van der Waals surface area contributed by atoms with Crippen LogP contribution in [-0.2, 0) is 23.5 Å². The maximum Gasteiger partial charge on any atom is 0.277 e. The lowest BCUT2D eigenvalue weighted by Crippen LogP contribution is -2.49. The number of benzene rings is 1. The van der Waals surface area contributed by atoms with E-state index >= 15 is 0 Å². The predicted molar refractivity (Wildman–Crippen MR) is 128 cm³/mol. The van der Waals surface area contributed by atoms with Crippen molar-refractivity contribution in [1.29, 1.82) is 0 Å². The van der Waals surface area contributed by atoms with E-state index in [-0.39, 0.29) is 28.8 Å². The van der Waals surface area contributed by atoms with Crippen molar-refractivity contribution >= 4 is 21.1 Å². The Labute approximate surface area is 198 Å². The van der Waals surface area contributed by atoms with Gasteiger partial charge in [-0.05, 0) is 50.3 Å². The van der Waals surface area contributed by atoms with E-state index in [4.69, 9.17) is 9.84 Å². The van der Waals surface area contributed by atoms with Crippen molar-refractivity contribution in [2.45, 2.75) is 44.4 Å². The summed E-state index contributed by atoms with van der Waals surface area (Å²) in [5, 5.41) is 13.4. The van der Waals surface area contributed by atoms with Gasteiger partial charge in [0.15, 0.2) is 5.52 Å². The first-order valence-corrected chi connectivity index (χ1v) is 13.1. The van der Waals surface area contributed by atoms with Crippen molar-refractivity contribution in [3.8, 4) is 17.1 Å². The number of H-pyrrole nitrogens is 1. The Bertz CT molecular complexity index is 1340. The molecule has 0 unspecified atom stereocenters. The van der Waals surface area contributed by atoms with Gasteiger partial charge in [-0.3, -0.25) is 9.48 Å². The van der Waals surface area contributed by atoms with E-state index in [1.807, 2.05) is 13.8 Å². The zero-order chi connectivity index (χ0) is 24.5. The van der Waals surface area contributed by atoms with Crippen LogP contribution in [0.5, 0.6) is 5.75 Å². The average molecular weight is 490 g/mol. The largest absolute Gasteiger partial charge is 0.493 e. The summed E-state index contributed by atoms with van der Waals surface area (Å²) >= 11 is 0. The summed E-state index contributed by atoms with van der Waals surface area (Å²) in [6.45, 7) is 5.21. The van der Waals surface area contributed by atoms with Gasteiger partial charge in [0.1, 0.15) is 17.1 Å². The number of fused-ring (bicyclic) bond motifs is 1. The van der Waals surface area contributed by atoms with E-state index in [1.54, 1.807) is 13.1 Å². The Kier molecular flexibility index (Phi) is 7.06. The fraction of sp³-hybridized carbons (Fsp3) is 0.522. The molecular weight excluding hydrogens is 458 g/mol. The SMILES string of the molecule is CCCc1nn(C)c2c(=O)[nH]c(-c3cc(S(=O)(=O)N4CC(CCCO)C4)ccc3OCC)nc12. The minimum atomic E-state index is -3.71. The predicted octanol–water partition coefficient (Wildman–Crippen LogP) is 2.07. The molecule has 34 heavy (non-hydrogen) atoms. The summed E-state index contributed by atoms with van der Waals surface area (Å²) in [5.41, 5.74) is 1.67. The van der Waals surface area contributed by atoms with E-state index < -0.39 is 10.0 Å². The number of aryl methyl sites for hydroxylation is 2. The normalized spacial score (nSPS) is 15.1. The highest BCUT2D eigenvalue weighted by atomic mass is 32.2. The van der Waals surface area contributed by atoms with Gasteiger partial charge in [-0.15, -0.1) is 0 Å². The highest BCUT2D eigenvalue weighted by Crippen LogP contribution is 2.34. The smallest absolute Gasteiger partial charge is 0.277 e. The molecule has 4 rings (SSSR count). The molecule has 3 aromatic rings. The Hall–Kier alpha value is -2.76. The molecule has 2 aromatic heterocycles. The third-order valence-electron chi connectivity index (χ3n) is 6.09. The molecule has 0 atom stereocenters. The van der Waals surface area contributed by atoms with Crippen LogP contribution in [-0.4, -0.2) is 63.9 Å². The third-order valence-corrected chi connectivity index (χ3v) is 7.91. The second-order valence-corrected chi connectivity index (χ2v) is 10.5. The topological polar surface area (TPSA) is 130 Å². The first-order valence-electron chi connectivity index (χ1n) is 11.6. The first-order chi connectivity index (χ1) is 16.3. The van der Waals surface area contributed by atoms with E-state index in [2.05, 4.69) is 15.1 Å². The number of nitrogens with one attached hydrogen (secondary N) is 1. The van der Waals surface area contributed by atoms with Gasteiger partial charge < -0.3 is 14.8 Å². The minimum absolute atomic E-state index is 0.109. The molecule has 1 aliphatic rings. The van der Waals surface area contributed by atoms with Crippen LogP contribution >= 0.6 is 0 Å². The average Bonchev–Trinajstić information content (AvgIpc) is 3.09. The quantitative estimate of drug-likeness (QED) is 0.446. The highest BCUT2D eigenvalue weighted by molar-refractivity contribution is 7.89. The zero-order valence-electron chi connectivity index (χ0n) is 19.7. The summed E-state index contributed by atoms with van der Waals surface area (Å²) in [6, 6.07) is 4.64. The Morgan fingerprint density at radius 1 is 1.26 bits per heavy atom. The van der Waals surface area contributed by atoms with Crippen molar-refractivity contribution < 1.29 is 18.3 Å². The van der Waals surface area contributed by atoms with E-state index in [9.17, 15) is 13.2 Å². The number of hydrogen-bond acceptors (Lipinski definition) is 7. The maximum atomic E-state index is 13.2. The van der Waals surface area contributed by atoms with Gasteiger partial charge in [0.2, 0.25) is 10.0 Å². The molecule has 0 saturated carbocycles. The molecule has 2 N–H and O–H groups in total. The van der Waals surface area contributed by atoms with Crippen LogP contribution in [0.25, 0.3) is 22.4 Å². The molecule has 3 heterocycles. The molecule has 11 heteroatoms. The van der Waals surface area contributed by atoms with E-state index in [0.29, 0.717) is 54.9 Å². The molecule has 0 radical (unpaired) electrons. The Morgan fingerprint density at radius 3 is 2.71 bits per heavy atom. The number of nitrogens with zero attached hydrogens (tertiary/aromatic N) is 4. The van der Waals surface area contributed by atoms with Crippen molar-refractivity contribution in [2.75, 3.05) is 26.3 Å². The lowest BCUT2D eigenvalue weighted by molar-refractivity contribution is 0.173. The van der Waals surface area contributed by atoms with Gasteiger partial charge in [-0.2, -0.15) is 9.40 Å². The molecular formula is C23H31N5O5S. The van der Waals surface area contributed by atoms with E-state index in [1.165, 1.54) is 21.1 Å². The molecule has 184 valence electrons. The van der Waals surface area contributed by atoms with Crippen molar-refractivity contribution in [1.82, 2.24) is 24.1 Å². The standard InChI is InChI=1S/C23H31N5O5S/c1-4-7-18-20-21(27(3)26-18)23(30)25-22(24-20)17-12-16(9-10-19(17)33-5-2)34(31,32)28-13-15(14-28)8-6-11-29/h9-10,12,15,29H,4-8,11,13-14H2,1-3H3,(H,24,25,30). The van der Waals surface area contributed by atoms with Gasteiger partial charge in [-0.1, -0.05) is 13.3 Å². The number of hydrogen-bond donors (Lipinski definition) is 2. The number of rotatable bonds is 10. The van der Waals surface area contributed by atoms with Gasteiger partial charge in [0.25, 0.3) is 5.56 Å². The van der Waals surface area contributed by atoms with Gasteiger partial charge in [0, 0.05) is 26.7 Å². The van der Waals surface area contributed by atoms with Crippen LogP contribution in [0.1, 0.15) is 38.8 Å². The lowest BCUT2D eigenvalue weighted by atomic mass is 9.98. The minimum Gasteiger partial charge on any atom is -0.493 e. The lowest BCUT2D eigenvalue weighted by Gasteiger charge is -2.38. The molecule has 1 saturated heterocycles. The zero-order valence-corrected chi connectivity index (χ0v) is 20.6. The number of aliphatic hydroxyl groups is 1. The maximum absolute atomic E-state index is 13.2. The number of sulfonamides is 1. The van der Waals surface area contributed by atoms with Crippen LogP contribution in [0.4, 0.5) is 0 Å². The third kappa shape index (κ3) is 4.47. The molecule has 0 amide bonds. The fourth-order valence-corrected chi connectivity index (χ4v) is 5.96. The fourth-order valence-electron chi connectivity index (χ4n) is 4.35. The van der Waals surface area contributed by atoms with Crippen molar-refractivity contribution in [2.24, 2.45) is 13.0 Å². The summed E-state index contributed by atoms with van der Waals surface area (Å²) in [5.74, 6) is 0.939. The molecule has 10 nitrogen and oxygen atoms in total. The molecule has 0 bridgehead atoms. The Balaban J connectivity index is 1.76. The molecule has 1 aromatic carbocycles. The number of ether oxygens (including phenoxy) is 1. The number of aromatic nitrogens is 4. The van der Waals surface area contributed by atoms with Crippen molar-refractivity contribution in [3.05, 3.63) is 34.2 Å². The summed E-state index contributed by atoms with van der Waals surface area (Å²) in [6.07, 6.45) is 2.99. The highest BCUT2D eigenvalue weighted by Gasteiger charge is 2.36. The first kappa shape index (κ1) is 24.4. The van der Waals surface area contributed by atoms with Crippen LogP contribution in [0.15, 0.2) is 27.9 Å². The van der Waals surface area contributed by atoms with Gasteiger partial charge in [-0.25, -0.2) is 13.4 Å². The Morgan fingerprint density at radius 2 is 2.03 bits per heavy atom. The van der Waals surface area contributed by atoms with Crippen LogP contribution in [0.3, 0.4) is 0 Å². The summed E-state index contributed by atoms with van der Waals surface area (Å²) < 4.78 is 35.2. The molecule has 1 aliphatic heterocycles. The number of aromatic amines is 1. The van der Waals surface area contributed by atoms with Crippen LogP contribution in [0.2, 0.25) is 0 Å². The monoisotopic (exact) mass is 489 g/mol. The van der Waals surface area contributed by atoms with Gasteiger partial charge in [0.05, 0.1) is 22.8 Å².